The van der Waals surface area contributed by atoms with Gasteiger partial charge in [0.1, 0.15) is 0 Å². The molecule has 0 amide bonds. The highest BCUT2D eigenvalue weighted by atomic mass is 32.2. The molecule has 0 aromatic heterocycles. The predicted molar refractivity (Wildman–Crippen MR) is 139 cm³/mol. The maximum absolute atomic E-state index is 7.14. The van der Waals surface area contributed by atoms with Gasteiger partial charge in [0.05, 0.1) is 11.4 Å². The molecule has 3 aromatic rings. The molecule has 0 aliphatic heterocycles. The van der Waals surface area contributed by atoms with Crippen LogP contribution in [-0.2, 0) is 10.2 Å². The number of hydrogen-bond acceptors (Lipinski definition) is 2. The first-order valence-corrected chi connectivity index (χ1v) is 15.1. The van der Waals surface area contributed by atoms with Crippen molar-refractivity contribution in [2.45, 2.75) is 62.9 Å². The van der Waals surface area contributed by atoms with Crippen molar-refractivity contribution in [3.63, 3.8) is 0 Å². The van der Waals surface area contributed by atoms with Crippen LogP contribution in [0.4, 0.5) is 0 Å². The van der Waals surface area contributed by atoms with Gasteiger partial charge < -0.3 is 4.43 Å². The Morgan fingerprint density at radius 1 is 0.774 bits per heavy atom. The van der Waals surface area contributed by atoms with E-state index in [4.69, 9.17) is 4.43 Å². The van der Waals surface area contributed by atoms with Gasteiger partial charge in [0.25, 0.3) is 0 Å². The fourth-order valence-corrected chi connectivity index (χ4v) is 5.98. The Bertz CT molecular complexity index is 930. The third-order valence-corrected chi connectivity index (χ3v) is 12.1. The Kier molecular flexibility index (Phi) is 7.85. The van der Waals surface area contributed by atoms with Crippen LogP contribution in [0.15, 0.2) is 84.9 Å². The largest absolute Gasteiger partial charge is 0.408 e. The van der Waals surface area contributed by atoms with Crippen LogP contribution < -0.4 is 0 Å². The molecule has 31 heavy (non-hydrogen) atoms. The molecule has 1 nitrogen and oxygen atoms in total. The van der Waals surface area contributed by atoms with E-state index in [0.29, 0.717) is 0 Å². The molecule has 2 atom stereocenters. The summed E-state index contributed by atoms with van der Waals surface area (Å²) in [6, 6.07) is 30.6. The highest BCUT2D eigenvalue weighted by molar-refractivity contribution is 7.98. The summed E-state index contributed by atoms with van der Waals surface area (Å²) in [4.78, 5) is 0. The van der Waals surface area contributed by atoms with Crippen molar-refractivity contribution in [3.8, 4) is 0 Å². The van der Waals surface area contributed by atoms with Crippen molar-refractivity contribution in [3.05, 3.63) is 107 Å². The Hall–Kier alpha value is -1.81. The second kappa shape index (κ2) is 10.2. The van der Waals surface area contributed by atoms with Crippen LogP contribution in [0.1, 0.15) is 54.4 Å². The van der Waals surface area contributed by atoms with Gasteiger partial charge >= 0.3 is 0 Å². The van der Waals surface area contributed by atoms with Crippen molar-refractivity contribution in [1.29, 1.82) is 0 Å². The first kappa shape index (κ1) is 23.8. The quantitative estimate of drug-likeness (QED) is 0.319. The van der Waals surface area contributed by atoms with Gasteiger partial charge in [0.2, 0.25) is 0 Å². The Morgan fingerprint density at radius 3 is 1.87 bits per heavy atom. The maximum Gasteiger partial charge on any atom is 0.192 e. The molecular weight excluding hydrogens is 412 g/mol. The summed E-state index contributed by atoms with van der Waals surface area (Å²) < 4.78 is 7.14. The number of benzene rings is 3. The molecule has 3 aromatic carbocycles. The van der Waals surface area contributed by atoms with E-state index in [2.05, 4.69) is 126 Å². The minimum Gasteiger partial charge on any atom is -0.408 e. The molecule has 0 saturated heterocycles. The lowest BCUT2D eigenvalue weighted by atomic mass is 10.00. The average Bonchev–Trinajstić information content (AvgIpc) is 2.74. The third kappa shape index (κ3) is 6.35. The van der Waals surface area contributed by atoms with Gasteiger partial charge in [-0.3, -0.25) is 0 Å². The zero-order valence-electron chi connectivity index (χ0n) is 19.8. The van der Waals surface area contributed by atoms with Gasteiger partial charge in [-0.2, -0.15) is 0 Å². The summed E-state index contributed by atoms with van der Waals surface area (Å²) in [6.07, 6.45) is 0.0125. The highest BCUT2D eigenvalue weighted by Gasteiger charge is 2.41. The molecule has 0 unspecified atom stereocenters. The smallest absolute Gasteiger partial charge is 0.192 e. The van der Waals surface area contributed by atoms with E-state index in [0.717, 1.165) is 5.75 Å². The van der Waals surface area contributed by atoms with Gasteiger partial charge in [0, 0.05) is 5.75 Å². The molecule has 0 aliphatic rings. The molecule has 0 spiro atoms. The monoisotopic (exact) mass is 448 g/mol. The first-order chi connectivity index (χ1) is 14.7. The van der Waals surface area contributed by atoms with Crippen LogP contribution in [-0.4, -0.2) is 8.32 Å². The van der Waals surface area contributed by atoms with Gasteiger partial charge in [-0.25, -0.2) is 0 Å². The molecule has 0 heterocycles. The molecular formula is C28H36OSSi. The first-order valence-electron chi connectivity index (χ1n) is 11.1. The summed E-state index contributed by atoms with van der Waals surface area (Å²) in [5.41, 5.74) is 5.23. The topological polar surface area (TPSA) is 9.23 Å². The van der Waals surface area contributed by atoms with E-state index < -0.39 is 8.32 Å². The summed E-state index contributed by atoms with van der Waals surface area (Å²) in [7, 11) is -1.98. The molecule has 0 saturated carbocycles. The lowest BCUT2D eigenvalue weighted by Crippen LogP contribution is -2.42. The van der Waals surface area contributed by atoms with Crippen molar-refractivity contribution >= 4 is 20.1 Å². The van der Waals surface area contributed by atoms with Crippen LogP contribution in [0.25, 0.3) is 0 Å². The summed E-state index contributed by atoms with van der Waals surface area (Å²) >= 11 is 1.99. The van der Waals surface area contributed by atoms with E-state index in [9.17, 15) is 0 Å². The van der Waals surface area contributed by atoms with Crippen molar-refractivity contribution in [1.82, 2.24) is 0 Å². The Labute approximate surface area is 194 Å². The lowest BCUT2D eigenvalue weighted by Gasteiger charge is -2.41. The molecule has 3 heteroatoms. The van der Waals surface area contributed by atoms with Gasteiger partial charge in [-0.1, -0.05) is 111 Å². The molecule has 0 aliphatic carbocycles. The molecule has 164 valence electrons. The summed E-state index contributed by atoms with van der Waals surface area (Å²) in [5, 5.41) is 0.374. The molecule has 0 bridgehead atoms. The predicted octanol–water partition coefficient (Wildman–Crippen LogP) is 8.73. The van der Waals surface area contributed by atoms with Crippen LogP contribution in [0, 0.1) is 6.92 Å². The standard InChI is InChI=1S/C28H36OSSi/c1-22-17-19-25(20-18-22)27(30-21-23-13-9-7-10-14-23)26(24-15-11-8-12-16-24)29-31(5,6)28(2,3)4/h7-20,26-27H,21H2,1-6H3/t26-,27+/m1/s1. The Balaban J connectivity index is 2.01. The SMILES string of the molecule is Cc1ccc([C@H](SCc2ccccc2)[C@H](O[Si](C)(C)C(C)(C)C)c2ccccc2)cc1. The number of aryl methyl sites for hydroxylation is 1. The maximum atomic E-state index is 7.14. The van der Waals surface area contributed by atoms with Crippen molar-refractivity contribution in [2.75, 3.05) is 0 Å². The zero-order chi connectivity index (χ0) is 22.5. The van der Waals surface area contributed by atoms with E-state index in [1.54, 1.807) is 0 Å². The van der Waals surface area contributed by atoms with Gasteiger partial charge in [-0.05, 0) is 41.7 Å². The van der Waals surface area contributed by atoms with Crippen molar-refractivity contribution < 1.29 is 4.43 Å². The number of rotatable bonds is 8. The lowest BCUT2D eigenvalue weighted by molar-refractivity contribution is 0.180. The normalized spacial score (nSPS) is 14.3. The molecule has 0 fully saturated rings. The fourth-order valence-electron chi connectivity index (χ4n) is 3.32. The van der Waals surface area contributed by atoms with E-state index in [-0.39, 0.29) is 16.4 Å². The van der Waals surface area contributed by atoms with Crippen LogP contribution in [0.2, 0.25) is 18.1 Å². The van der Waals surface area contributed by atoms with E-state index >= 15 is 0 Å². The number of hydrogen-bond donors (Lipinski definition) is 0. The fraction of sp³-hybridized carbons (Fsp3) is 0.357. The minimum atomic E-state index is -1.98. The second-order valence-corrected chi connectivity index (χ2v) is 15.7. The Morgan fingerprint density at radius 2 is 1.32 bits per heavy atom. The van der Waals surface area contributed by atoms with Crippen molar-refractivity contribution in [2.24, 2.45) is 0 Å². The molecule has 0 radical (unpaired) electrons. The summed E-state index contributed by atoms with van der Waals surface area (Å²) in [5.74, 6) is 0.962. The number of thioether (sulfide) groups is 1. The summed E-state index contributed by atoms with van der Waals surface area (Å²) in [6.45, 7) is 13.8. The minimum absolute atomic E-state index is 0.0125. The molecule has 3 rings (SSSR count). The van der Waals surface area contributed by atoms with Crippen LogP contribution >= 0.6 is 11.8 Å². The second-order valence-electron chi connectivity index (χ2n) is 9.84. The van der Waals surface area contributed by atoms with E-state index in [1.165, 1.54) is 22.3 Å². The van der Waals surface area contributed by atoms with E-state index in [1.807, 2.05) is 11.8 Å². The van der Waals surface area contributed by atoms with Crippen LogP contribution in [0.3, 0.4) is 0 Å². The third-order valence-electron chi connectivity index (χ3n) is 6.31. The average molecular weight is 449 g/mol. The van der Waals surface area contributed by atoms with Crippen LogP contribution in [0.5, 0.6) is 0 Å². The molecule has 0 N–H and O–H groups in total. The van der Waals surface area contributed by atoms with Gasteiger partial charge in [0.15, 0.2) is 8.32 Å². The zero-order valence-corrected chi connectivity index (χ0v) is 21.6. The highest BCUT2D eigenvalue weighted by Crippen LogP contribution is 2.48. The van der Waals surface area contributed by atoms with Gasteiger partial charge in [-0.15, -0.1) is 11.8 Å².